The zero-order valence-corrected chi connectivity index (χ0v) is 9.36. The molecule has 1 heterocycles. The molecule has 0 aliphatic heterocycles. The highest BCUT2D eigenvalue weighted by Gasteiger charge is 2.40. The Morgan fingerprint density at radius 1 is 1.56 bits per heavy atom. The molecule has 4 nitrogen and oxygen atoms in total. The highest BCUT2D eigenvalue weighted by atomic mass is 16.4. The second kappa shape index (κ2) is 4.12. The van der Waals surface area contributed by atoms with E-state index in [0.717, 1.165) is 12.2 Å². The van der Waals surface area contributed by atoms with Crippen LogP contribution in [0.1, 0.15) is 36.7 Å². The Kier molecular flexibility index (Phi) is 2.81. The van der Waals surface area contributed by atoms with E-state index in [9.17, 15) is 4.79 Å². The van der Waals surface area contributed by atoms with Gasteiger partial charge >= 0.3 is 5.97 Å². The van der Waals surface area contributed by atoms with Gasteiger partial charge in [0.15, 0.2) is 0 Å². The lowest BCUT2D eigenvalue weighted by Gasteiger charge is -2.14. The summed E-state index contributed by atoms with van der Waals surface area (Å²) in [7, 11) is 0. The molecule has 0 spiro atoms. The third-order valence-electron chi connectivity index (χ3n) is 3.36. The molecule has 1 fully saturated rings. The summed E-state index contributed by atoms with van der Waals surface area (Å²) in [4.78, 5) is 14.5. The van der Waals surface area contributed by atoms with Gasteiger partial charge < -0.3 is 10.4 Å². The summed E-state index contributed by atoms with van der Waals surface area (Å²) in [5.74, 6) is -0.987. The molecule has 2 N–H and O–H groups in total. The normalized spacial score (nSPS) is 16.8. The van der Waals surface area contributed by atoms with Crippen molar-refractivity contribution in [1.82, 2.24) is 4.98 Å². The van der Waals surface area contributed by atoms with Crippen molar-refractivity contribution in [3.8, 4) is 0 Å². The number of pyridine rings is 1. The van der Waals surface area contributed by atoms with Crippen molar-refractivity contribution in [2.75, 3.05) is 11.9 Å². The Morgan fingerprint density at radius 2 is 2.31 bits per heavy atom. The van der Waals surface area contributed by atoms with Crippen LogP contribution in [0.5, 0.6) is 0 Å². The summed E-state index contributed by atoms with van der Waals surface area (Å²) in [6.07, 6.45) is 5.35. The van der Waals surface area contributed by atoms with E-state index >= 15 is 0 Å². The molecule has 4 heteroatoms. The lowest BCUT2D eigenvalue weighted by Crippen LogP contribution is -2.14. The van der Waals surface area contributed by atoms with Gasteiger partial charge in [-0.1, -0.05) is 6.92 Å². The van der Waals surface area contributed by atoms with E-state index in [1.165, 1.54) is 25.3 Å². The van der Waals surface area contributed by atoms with Crippen molar-refractivity contribution in [3.63, 3.8) is 0 Å². The zero-order chi connectivity index (χ0) is 11.6. The molecule has 0 bridgehead atoms. The minimum Gasteiger partial charge on any atom is -0.477 e. The summed E-state index contributed by atoms with van der Waals surface area (Å²) in [6.45, 7) is 3.16. The fourth-order valence-electron chi connectivity index (χ4n) is 1.75. The van der Waals surface area contributed by atoms with Crippen LogP contribution < -0.4 is 5.32 Å². The summed E-state index contributed by atoms with van der Waals surface area (Å²) in [5, 5.41) is 12.0. The average Bonchev–Trinajstić information content (AvgIpc) is 3.08. The van der Waals surface area contributed by atoms with Gasteiger partial charge in [0.05, 0.1) is 11.9 Å². The predicted octanol–water partition coefficient (Wildman–Crippen LogP) is 2.38. The summed E-state index contributed by atoms with van der Waals surface area (Å²) >= 11 is 0. The van der Waals surface area contributed by atoms with E-state index in [1.54, 1.807) is 12.3 Å². The van der Waals surface area contributed by atoms with E-state index in [1.807, 2.05) is 0 Å². The predicted molar refractivity (Wildman–Crippen MR) is 61.6 cm³/mol. The molecule has 0 unspecified atom stereocenters. The van der Waals surface area contributed by atoms with Gasteiger partial charge in [0, 0.05) is 6.54 Å². The molecule has 16 heavy (non-hydrogen) atoms. The summed E-state index contributed by atoms with van der Waals surface area (Å²) in [5.41, 5.74) is 1.46. The van der Waals surface area contributed by atoms with Crippen molar-refractivity contribution in [1.29, 1.82) is 0 Å². The Balaban J connectivity index is 1.93. The second-order valence-electron chi connectivity index (χ2n) is 4.44. The number of aromatic nitrogens is 1. The molecule has 0 atom stereocenters. The van der Waals surface area contributed by atoms with Crippen LogP contribution in [0.3, 0.4) is 0 Å². The number of carboxylic acids is 1. The Morgan fingerprint density at radius 3 is 2.75 bits per heavy atom. The van der Waals surface area contributed by atoms with Crippen LogP contribution in [0.4, 0.5) is 5.69 Å². The van der Waals surface area contributed by atoms with Crippen molar-refractivity contribution < 1.29 is 9.90 Å². The van der Waals surface area contributed by atoms with Gasteiger partial charge in [-0.15, -0.1) is 0 Å². The van der Waals surface area contributed by atoms with Crippen LogP contribution in [-0.2, 0) is 0 Å². The third kappa shape index (κ3) is 2.32. The SMILES string of the molecule is CCC1(CNc2ccc(C(=O)O)nc2)CC1. The van der Waals surface area contributed by atoms with Crippen LogP contribution in [0, 0.1) is 5.41 Å². The first-order valence-corrected chi connectivity index (χ1v) is 5.58. The average molecular weight is 220 g/mol. The van der Waals surface area contributed by atoms with E-state index in [0.29, 0.717) is 5.41 Å². The molecule has 1 saturated carbocycles. The topological polar surface area (TPSA) is 62.2 Å². The first-order chi connectivity index (χ1) is 7.65. The van der Waals surface area contributed by atoms with Gasteiger partial charge in [-0.25, -0.2) is 9.78 Å². The highest BCUT2D eigenvalue weighted by Crippen LogP contribution is 2.48. The van der Waals surface area contributed by atoms with Gasteiger partial charge in [0.2, 0.25) is 0 Å². The maximum absolute atomic E-state index is 10.6. The van der Waals surface area contributed by atoms with E-state index in [-0.39, 0.29) is 5.69 Å². The van der Waals surface area contributed by atoms with Crippen molar-refractivity contribution in [2.45, 2.75) is 26.2 Å². The minimum absolute atomic E-state index is 0.0853. The molecular formula is C12H16N2O2. The number of rotatable bonds is 5. The molecule has 86 valence electrons. The molecular weight excluding hydrogens is 204 g/mol. The van der Waals surface area contributed by atoms with Crippen LogP contribution in [0.25, 0.3) is 0 Å². The molecule has 0 saturated heterocycles. The second-order valence-corrected chi connectivity index (χ2v) is 4.44. The largest absolute Gasteiger partial charge is 0.477 e. The summed E-state index contributed by atoms with van der Waals surface area (Å²) < 4.78 is 0. The molecule has 0 aromatic carbocycles. The van der Waals surface area contributed by atoms with Crippen LogP contribution in [-0.4, -0.2) is 22.6 Å². The fourth-order valence-corrected chi connectivity index (χ4v) is 1.75. The van der Waals surface area contributed by atoms with E-state index in [2.05, 4.69) is 17.2 Å². The zero-order valence-electron chi connectivity index (χ0n) is 9.36. The van der Waals surface area contributed by atoms with Crippen molar-refractivity contribution in [2.24, 2.45) is 5.41 Å². The van der Waals surface area contributed by atoms with Crippen LogP contribution in [0.15, 0.2) is 18.3 Å². The Bertz CT molecular complexity index is 383. The number of hydrogen-bond acceptors (Lipinski definition) is 3. The van der Waals surface area contributed by atoms with Gasteiger partial charge in [-0.05, 0) is 36.8 Å². The van der Waals surface area contributed by atoms with Gasteiger partial charge in [0.1, 0.15) is 5.69 Å². The number of anilines is 1. The first-order valence-electron chi connectivity index (χ1n) is 5.58. The summed E-state index contributed by atoms with van der Waals surface area (Å²) in [6, 6.07) is 3.29. The van der Waals surface area contributed by atoms with Gasteiger partial charge in [-0.3, -0.25) is 0 Å². The monoisotopic (exact) mass is 220 g/mol. The third-order valence-corrected chi connectivity index (χ3v) is 3.36. The molecule has 1 aliphatic carbocycles. The lowest BCUT2D eigenvalue weighted by atomic mass is 10.0. The Labute approximate surface area is 94.7 Å². The lowest BCUT2D eigenvalue weighted by molar-refractivity contribution is 0.0690. The quantitative estimate of drug-likeness (QED) is 0.799. The number of nitrogens with one attached hydrogen (secondary N) is 1. The number of carbonyl (C=O) groups is 1. The molecule has 1 aromatic heterocycles. The van der Waals surface area contributed by atoms with E-state index < -0.39 is 5.97 Å². The number of nitrogens with zero attached hydrogens (tertiary/aromatic N) is 1. The molecule has 2 rings (SSSR count). The first kappa shape index (κ1) is 10.9. The molecule has 1 aromatic rings. The van der Waals surface area contributed by atoms with Gasteiger partial charge in [0.25, 0.3) is 0 Å². The maximum Gasteiger partial charge on any atom is 0.354 e. The number of carboxylic acid groups (broad SMARTS) is 1. The Hall–Kier alpha value is -1.58. The standard InChI is InChI=1S/C12H16N2O2/c1-2-12(5-6-12)8-14-9-3-4-10(11(15)16)13-7-9/h3-4,7,14H,2,5-6,8H2,1H3,(H,15,16). The molecule has 0 amide bonds. The highest BCUT2D eigenvalue weighted by molar-refractivity contribution is 5.85. The number of hydrogen-bond donors (Lipinski definition) is 2. The maximum atomic E-state index is 10.6. The smallest absolute Gasteiger partial charge is 0.354 e. The van der Waals surface area contributed by atoms with Crippen LogP contribution >= 0.6 is 0 Å². The molecule has 0 radical (unpaired) electrons. The number of aromatic carboxylic acids is 1. The van der Waals surface area contributed by atoms with Crippen molar-refractivity contribution in [3.05, 3.63) is 24.0 Å². The molecule has 1 aliphatic rings. The van der Waals surface area contributed by atoms with E-state index in [4.69, 9.17) is 5.11 Å². The van der Waals surface area contributed by atoms with Crippen LogP contribution in [0.2, 0.25) is 0 Å². The fraction of sp³-hybridized carbons (Fsp3) is 0.500. The van der Waals surface area contributed by atoms with Gasteiger partial charge in [-0.2, -0.15) is 0 Å². The minimum atomic E-state index is -0.987. The van der Waals surface area contributed by atoms with Crippen molar-refractivity contribution >= 4 is 11.7 Å².